The first-order valence-corrected chi connectivity index (χ1v) is 6.86. The summed E-state index contributed by atoms with van der Waals surface area (Å²) in [7, 11) is 0. The van der Waals surface area contributed by atoms with Gasteiger partial charge in [0.05, 0.1) is 0 Å². The van der Waals surface area contributed by atoms with E-state index in [9.17, 15) is 0 Å². The Bertz CT molecular complexity index is 578. The molecule has 2 rings (SSSR count). The molecule has 0 bridgehead atoms. The van der Waals surface area contributed by atoms with Gasteiger partial charge in [-0.3, -0.25) is 0 Å². The number of nitriles is 1. The van der Waals surface area contributed by atoms with E-state index in [2.05, 4.69) is 43.4 Å². The zero-order valence-corrected chi connectivity index (χ0v) is 11.5. The highest BCUT2D eigenvalue weighted by atomic mass is 32.1. The SMILES string of the molecule is CCNCc1ccc(-c2ccc(C#N)s2)c(C)c1. The summed E-state index contributed by atoms with van der Waals surface area (Å²) in [5.41, 5.74) is 3.79. The van der Waals surface area contributed by atoms with Crippen molar-refractivity contribution in [3.05, 3.63) is 46.3 Å². The third-order valence-corrected chi connectivity index (χ3v) is 3.87. The van der Waals surface area contributed by atoms with E-state index in [0.717, 1.165) is 18.0 Å². The fourth-order valence-corrected chi connectivity index (χ4v) is 2.82. The molecular weight excluding hydrogens is 240 g/mol. The summed E-state index contributed by atoms with van der Waals surface area (Å²) in [4.78, 5) is 1.93. The van der Waals surface area contributed by atoms with Crippen molar-refractivity contribution in [2.75, 3.05) is 6.54 Å². The van der Waals surface area contributed by atoms with Crippen LogP contribution in [-0.4, -0.2) is 6.54 Å². The highest BCUT2D eigenvalue weighted by Gasteiger charge is 2.06. The van der Waals surface area contributed by atoms with Gasteiger partial charge >= 0.3 is 0 Å². The number of rotatable bonds is 4. The maximum absolute atomic E-state index is 8.86. The van der Waals surface area contributed by atoms with Gasteiger partial charge in [-0.05, 0) is 42.3 Å². The van der Waals surface area contributed by atoms with E-state index < -0.39 is 0 Å². The Morgan fingerprint density at radius 1 is 1.28 bits per heavy atom. The van der Waals surface area contributed by atoms with E-state index in [4.69, 9.17) is 5.26 Å². The minimum Gasteiger partial charge on any atom is -0.313 e. The Morgan fingerprint density at radius 3 is 2.72 bits per heavy atom. The summed E-state index contributed by atoms with van der Waals surface area (Å²) in [5, 5.41) is 12.2. The molecular formula is C15H16N2S. The molecule has 0 aliphatic rings. The monoisotopic (exact) mass is 256 g/mol. The van der Waals surface area contributed by atoms with Gasteiger partial charge in [-0.2, -0.15) is 5.26 Å². The minimum absolute atomic E-state index is 0.765. The molecule has 0 aliphatic carbocycles. The first-order valence-electron chi connectivity index (χ1n) is 6.05. The van der Waals surface area contributed by atoms with E-state index in [1.54, 1.807) is 11.3 Å². The Hall–Kier alpha value is -1.63. The maximum atomic E-state index is 8.86. The standard InChI is InChI=1S/C15H16N2S/c1-3-17-10-12-4-6-14(11(2)8-12)15-7-5-13(9-16)18-15/h4-8,17H,3,10H2,1-2H3. The van der Waals surface area contributed by atoms with E-state index >= 15 is 0 Å². The van der Waals surface area contributed by atoms with Gasteiger partial charge in [0.2, 0.25) is 0 Å². The number of nitrogens with one attached hydrogen (secondary N) is 1. The van der Waals surface area contributed by atoms with Crippen LogP contribution in [0.1, 0.15) is 22.9 Å². The Labute approximate surface area is 112 Å². The smallest absolute Gasteiger partial charge is 0.110 e. The molecule has 92 valence electrons. The molecule has 0 aliphatic heterocycles. The Morgan fingerprint density at radius 2 is 2.11 bits per heavy atom. The summed E-state index contributed by atoms with van der Waals surface area (Å²) >= 11 is 1.55. The molecule has 2 nitrogen and oxygen atoms in total. The van der Waals surface area contributed by atoms with Gasteiger partial charge in [0.25, 0.3) is 0 Å². The third kappa shape index (κ3) is 2.79. The van der Waals surface area contributed by atoms with Crippen LogP contribution < -0.4 is 5.32 Å². The van der Waals surface area contributed by atoms with Crippen LogP contribution >= 0.6 is 11.3 Å². The average molecular weight is 256 g/mol. The predicted molar refractivity (Wildman–Crippen MR) is 76.6 cm³/mol. The number of hydrogen-bond donors (Lipinski definition) is 1. The largest absolute Gasteiger partial charge is 0.313 e. The number of hydrogen-bond acceptors (Lipinski definition) is 3. The molecule has 3 heteroatoms. The van der Waals surface area contributed by atoms with Crippen molar-refractivity contribution in [1.82, 2.24) is 5.32 Å². The molecule has 1 heterocycles. The third-order valence-electron chi connectivity index (χ3n) is 2.85. The molecule has 0 spiro atoms. The number of nitrogens with zero attached hydrogens (tertiary/aromatic N) is 1. The molecule has 2 aromatic rings. The molecule has 0 radical (unpaired) electrons. The van der Waals surface area contributed by atoms with Crippen molar-refractivity contribution >= 4 is 11.3 Å². The van der Waals surface area contributed by atoms with Crippen LogP contribution in [0.25, 0.3) is 10.4 Å². The van der Waals surface area contributed by atoms with Gasteiger partial charge < -0.3 is 5.32 Å². The van der Waals surface area contributed by atoms with Crippen LogP contribution in [0.3, 0.4) is 0 Å². The van der Waals surface area contributed by atoms with Gasteiger partial charge in [0.1, 0.15) is 10.9 Å². The Balaban J connectivity index is 2.27. The van der Waals surface area contributed by atoms with Crippen molar-refractivity contribution in [2.45, 2.75) is 20.4 Å². The second kappa shape index (κ2) is 5.81. The highest BCUT2D eigenvalue weighted by Crippen LogP contribution is 2.30. The number of benzene rings is 1. The van der Waals surface area contributed by atoms with E-state index in [-0.39, 0.29) is 0 Å². The second-order valence-corrected chi connectivity index (χ2v) is 5.29. The molecule has 18 heavy (non-hydrogen) atoms. The zero-order chi connectivity index (χ0) is 13.0. The van der Waals surface area contributed by atoms with E-state index in [1.807, 2.05) is 12.1 Å². The molecule has 0 saturated heterocycles. The number of thiophene rings is 1. The molecule has 0 atom stereocenters. The second-order valence-electron chi connectivity index (χ2n) is 4.21. The lowest BCUT2D eigenvalue weighted by Crippen LogP contribution is -2.11. The molecule has 0 unspecified atom stereocenters. The zero-order valence-electron chi connectivity index (χ0n) is 10.7. The Kier molecular flexibility index (Phi) is 4.14. The molecule has 1 N–H and O–H groups in total. The molecule has 0 fully saturated rings. The lowest BCUT2D eigenvalue weighted by molar-refractivity contribution is 0.726. The summed E-state index contributed by atoms with van der Waals surface area (Å²) in [6, 6.07) is 12.6. The van der Waals surface area contributed by atoms with Gasteiger partial charge in [-0.15, -0.1) is 11.3 Å². The van der Waals surface area contributed by atoms with Crippen molar-refractivity contribution in [2.24, 2.45) is 0 Å². The van der Waals surface area contributed by atoms with Crippen molar-refractivity contribution in [1.29, 1.82) is 5.26 Å². The maximum Gasteiger partial charge on any atom is 0.110 e. The van der Waals surface area contributed by atoms with Gasteiger partial charge in [-0.1, -0.05) is 25.1 Å². The highest BCUT2D eigenvalue weighted by molar-refractivity contribution is 7.16. The van der Waals surface area contributed by atoms with Gasteiger partial charge in [0, 0.05) is 11.4 Å². The molecule has 1 aromatic heterocycles. The summed E-state index contributed by atoms with van der Waals surface area (Å²) < 4.78 is 0. The van der Waals surface area contributed by atoms with Gasteiger partial charge in [-0.25, -0.2) is 0 Å². The van der Waals surface area contributed by atoms with E-state index in [0.29, 0.717) is 0 Å². The molecule has 1 aromatic carbocycles. The normalized spacial score (nSPS) is 10.3. The first-order chi connectivity index (χ1) is 8.74. The lowest BCUT2D eigenvalue weighted by Gasteiger charge is -2.07. The first kappa shape index (κ1) is 12.8. The number of aryl methyl sites for hydroxylation is 1. The van der Waals surface area contributed by atoms with Crippen LogP contribution in [0.15, 0.2) is 30.3 Å². The summed E-state index contributed by atoms with van der Waals surface area (Å²) in [6.45, 7) is 6.12. The van der Waals surface area contributed by atoms with Crippen LogP contribution in [0.2, 0.25) is 0 Å². The lowest BCUT2D eigenvalue weighted by atomic mass is 10.0. The minimum atomic E-state index is 0.765. The quantitative estimate of drug-likeness (QED) is 0.905. The summed E-state index contributed by atoms with van der Waals surface area (Å²) in [6.07, 6.45) is 0. The van der Waals surface area contributed by atoms with Crippen molar-refractivity contribution < 1.29 is 0 Å². The van der Waals surface area contributed by atoms with Crippen LogP contribution in [-0.2, 0) is 6.54 Å². The van der Waals surface area contributed by atoms with Gasteiger partial charge in [0.15, 0.2) is 0 Å². The van der Waals surface area contributed by atoms with E-state index in [1.165, 1.54) is 21.6 Å². The van der Waals surface area contributed by atoms with Crippen molar-refractivity contribution in [3.8, 4) is 16.5 Å². The molecule has 0 amide bonds. The molecule has 0 saturated carbocycles. The fourth-order valence-electron chi connectivity index (χ4n) is 1.92. The van der Waals surface area contributed by atoms with Crippen LogP contribution in [0.5, 0.6) is 0 Å². The van der Waals surface area contributed by atoms with Crippen LogP contribution in [0.4, 0.5) is 0 Å². The van der Waals surface area contributed by atoms with Crippen molar-refractivity contribution in [3.63, 3.8) is 0 Å². The average Bonchev–Trinajstić information content (AvgIpc) is 2.85. The predicted octanol–water partition coefficient (Wildman–Crippen LogP) is 3.70. The summed E-state index contributed by atoms with van der Waals surface area (Å²) in [5.74, 6) is 0. The topological polar surface area (TPSA) is 35.8 Å². The van der Waals surface area contributed by atoms with Crippen LogP contribution in [0, 0.1) is 18.3 Å². The fraction of sp³-hybridized carbons (Fsp3) is 0.267.